The van der Waals surface area contributed by atoms with Gasteiger partial charge in [0.15, 0.2) is 5.11 Å². The molecule has 1 saturated heterocycles. The van der Waals surface area contributed by atoms with Gasteiger partial charge >= 0.3 is 0 Å². The predicted octanol–water partition coefficient (Wildman–Crippen LogP) is 5.54. The van der Waals surface area contributed by atoms with Gasteiger partial charge in [0.1, 0.15) is 5.82 Å². The molecule has 188 valence electrons. The number of aromatic nitrogens is 3. The van der Waals surface area contributed by atoms with Crippen molar-refractivity contribution in [2.24, 2.45) is 0 Å². The van der Waals surface area contributed by atoms with Crippen molar-refractivity contribution >= 4 is 40.5 Å². The highest BCUT2D eigenvalue weighted by Crippen LogP contribution is 2.39. The van der Waals surface area contributed by atoms with E-state index < -0.39 is 0 Å². The summed E-state index contributed by atoms with van der Waals surface area (Å²) in [5, 5.41) is 7.65. The molecule has 9 heteroatoms. The molecular weight excluding hydrogens is 504 g/mol. The third kappa shape index (κ3) is 5.35. The summed E-state index contributed by atoms with van der Waals surface area (Å²) in [6, 6.07) is 19.2. The average molecular weight is 531 g/mol. The molecule has 1 aromatic carbocycles. The van der Waals surface area contributed by atoms with Crippen molar-refractivity contribution in [2.75, 3.05) is 11.9 Å². The Balaban J connectivity index is 1.44. The highest BCUT2D eigenvalue weighted by atomic mass is 35.5. The molecule has 0 spiro atoms. The van der Waals surface area contributed by atoms with Crippen molar-refractivity contribution in [2.45, 2.75) is 32.4 Å². The average Bonchev–Trinajstić information content (AvgIpc) is 3.50. The van der Waals surface area contributed by atoms with Crippen LogP contribution in [0.15, 0.2) is 79.3 Å². The quantitative estimate of drug-likeness (QED) is 0.306. The molecule has 0 aliphatic carbocycles. The van der Waals surface area contributed by atoms with Crippen LogP contribution in [0, 0.1) is 13.8 Å². The Morgan fingerprint density at radius 1 is 1.11 bits per heavy atom. The second-order valence-corrected chi connectivity index (χ2v) is 9.90. The SMILES string of the molecule is Cc1ccc(C)c(NC(=O)CCN2C(=S)N[C@@H](c3ccccn3)[C@@H]2c2cccn2-c2ccc(Cl)cn2)c1. The molecule has 4 aromatic rings. The monoisotopic (exact) mass is 530 g/mol. The number of benzene rings is 1. The number of pyridine rings is 2. The van der Waals surface area contributed by atoms with Gasteiger partial charge in [0, 0.05) is 42.9 Å². The minimum Gasteiger partial charge on any atom is -0.352 e. The maximum absolute atomic E-state index is 13.0. The molecule has 5 rings (SSSR count). The van der Waals surface area contributed by atoms with Crippen LogP contribution in [0.4, 0.5) is 5.69 Å². The maximum Gasteiger partial charge on any atom is 0.226 e. The van der Waals surface area contributed by atoms with Gasteiger partial charge in [0.05, 0.1) is 22.8 Å². The van der Waals surface area contributed by atoms with Crippen LogP contribution in [-0.2, 0) is 4.79 Å². The second-order valence-electron chi connectivity index (χ2n) is 9.07. The fourth-order valence-corrected chi connectivity index (χ4v) is 5.07. The highest BCUT2D eigenvalue weighted by molar-refractivity contribution is 7.80. The van der Waals surface area contributed by atoms with Crippen molar-refractivity contribution in [3.63, 3.8) is 0 Å². The molecule has 4 heterocycles. The zero-order valence-corrected chi connectivity index (χ0v) is 22.1. The summed E-state index contributed by atoms with van der Waals surface area (Å²) in [5.41, 5.74) is 4.80. The third-order valence-electron chi connectivity index (χ3n) is 6.49. The number of carbonyl (C=O) groups is 1. The van der Waals surface area contributed by atoms with E-state index in [-0.39, 0.29) is 24.4 Å². The Kier molecular flexibility index (Phi) is 7.21. The minimum atomic E-state index is -0.205. The summed E-state index contributed by atoms with van der Waals surface area (Å²) >= 11 is 11.9. The van der Waals surface area contributed by atoms with Gasteiger partial charge in [-0.15, -0.1) is 0 Å². The number of aryl methyl sites for hydroxylation is 2. The van der Waals surface area contributed by atoms with Crippen molar-refractivity contribution in [1.29, 1.82) is 0 Å². The lowest BCUT2D eigenvalue weighted by molar-refractivity contribution is -0.116. The number of hydrogen-bond donors (Lipinski definition) is 2. The zero-order valence-electron chi connectivity index (χ0n) is 20.6. The van der Waals surface area contributed by atoms with Crippen LogP contribution in [0.3, 0.4) is 0 Å². The predicted molar refractivity (Wildman–Crippen MR) is 150 cm³/mol. The molecule has 0 saturated carbocycles. The molecule has 0 radical (unpaired) electrons. The first-order chi connectivity index (χ1) is 17.9. The van der Waals surface area contributed by atoms with Crippen LogP contribution in [0.1, 0.15) is 41.0 Å². The molecule has 2 atom stereocenters. The van der Waals surface area contributed by atoms with Gasteiger partial charge in [0.2, 0.25) is 5.91 Å². The first-order valence-corrected chi connectivity index (χ1v) is 12.8. The Morgan fingerprint density at radius 3 is 2.73 bits per heavy atom. The lowest BCUT2D eigenvalue weighted by Crippen LogP contribution is -2.33. The van der Waals surface area contributed by atoms with Gasteiger partial charge in [-0.1, -0.05) is 29.8 Å². The number of anilines is 1. The van der Waals surface area contributed by atoms with Gasteiger partial charge in [0.25, 0.3) is 0 Å². The first-order valence-electron chi connectivity index (χ1n) is 12.0. The molecule has 1 aliphatic rings. The van der Waals surface area contributed by atoms with Crippen molar-refractivity contribution in [3.05, 3.63) is 107 Å². The molecule has 3 aromatic heterocycles. The van der Waals surface area contributed by atoms with Crippen LogP contribution >= 0.6 is 23.8 Å². The topological polar surface area (TPSA) is 75.1 Å². The van der Waals surface area contributed by atoms with E-state index >= 15 is 0 Å². The van der Waals surface area contributed by atoms with E-state index in [1.165, 1.54) is 0 Å². The minimum absolute atomic E-state index is 0.0636. The summed E-state index contributed by atoms with van der Waals surface area (Å²) in [6.45, 7) is 4.44. The largest absolute Gasteiger partial charge is 0.352 e. The Labute approximate surface area is 226 Å². The molecule has 1 aliphatic heterocycles. The van der Waals surface area contributed by atoms with Gasteiger partial charge in [-0.3, -0.25) is 9.78 Å². The Bertz CT molecular complexity index is 1420. The van der Waals surface area contributed by atoms with Gasteiger partial charge < -0.3 is 20.1 Å². The molecule has 2 N–H and O–H groups in total. The van der Waals surface area contributed by atoms with E-state index in [2.05, 4.69) is 31.6 Å². The van der Waals surface area contributed by atoms with Crippen LogP contribution in [0.25, 0.3) is 5.82 Å². The molecule has 0 bridgehead atoms. The normalized spacial score (nSPS) is 17.1. The van der Waals surface area contributed by atoms with Crippen LogP contribution < -0.4 is 10.6 Å². The number of nitrogens with one attached hydrogen (secondary N) is 2. The van der Waals surface area contributed by atoms with E-state index in [1.54, 1.807) is 12.4 Å². The summed E-state index contributed by atoms with van der Waals surface area (Å²) in [4.78, 5) is 24.1. The number of carbonyl (C=O) groups excluding carboxylic acids is 1. The summed E-state index contributed by atoms with van der Waals surface area (Å²) in [5.74, 6) is 0.681. The standard InChI is InChI=1S/C28H27ClN6OS/c1-18-8-9-19(2)22(16-18)32-25(36)12-15-35-27(26(33-28(35)37)21-6-3-4-13-30-21)23-7-5-14-34(23)24-11-10-20(29)17-31-24/h3-11,13-14,16-17,26-27H,12,15H2,1-2H3,(H,32,36)(H,33,37)/t26-,27-/m0/s1. The molecule has 0 unspecified atom stereocenters. The number of rotatable bonds is 7. The summed E-state index contributed by atoms with van der Waals surface area (Å²) in [6.07, 6.45) is 5.65. The van der Waals surface area contributed by atoms with E-state index in [0.29, 0.717) is 16.7 Å². The number of thiocarbonyl (C=S) groups is 1. The van der Waals surface area contributed by atoms with Crippen molar-refractivity contribution < 1.29 is 4.79 Å². The first kappa shape index (κ1) is 24.9. The van der Waals surface area contributed by atoms with E-state index in [1.807, 2.05) is 79.2 Å². The Hall–Kier alpha value is -3.75. The van der Waals surface area contributed by atoms with Gasteiger partial charge in [-0.05, 0) is 79.7 Å². The molecule has 37 heavy (non-hydrogen) atoms. The lowest BCUT2D eigenvalue weighted by Gasteiger charge is -2.28. The summed E-state index contributed by atoms with van der Waals surface area (Å²) in [7, 11) is 0. The van der Waals surface area contributed by atoms with E-state index in [0.717, 1.165) is 34.0 Å². The van der Waals surface area contributed by atoms with E-state index in [9.17, 15) is 4.79 Å². The smallest absolute Gasteiger partial charge is 0.226 e. The third-order valence-corrected chi connectivity index (χ3v) is 7.06. The van der Waals surface area contributed by atoms with Gasteiger partial charge in [-0.25, -0.2) is 4.98 Å². The fourth-order valence-electron chi connectivity index (χ4n) is 4.63. The van der Waals surface area contributed by atoms with E-state index in [4.69, 9.17) is 23.8 Å². The summed E-state index contributed by atoms with van der Waals surface area (Å²) < 4.78 is 2.02. The van der Waals surface area contributed by atoms with Gasteiger partial charge in [-0.2, -0.15) is 0 Å². The zero-order chi connectivity index (χ0) is 25.9. The van der Waals surface area contributed by atoms with Crippen LogP contribution in [0.2, 0.25) is 5.02 Å². The van der Waals surface area contributed by atoms with Crippen molar-refractivity contribution in [1.82, 2.24) is 24.8 Å². The molecule has 7 nitrogen and oxygen atoms in total. The highest BCUT2D eigenvalue weighted by Gasteiger charge is 2.41. The maximum atomic E-state index is 13.0. The van der Waals surface area contributed by atoms with Crippen LogP contribution in [-0.4, -0.2) is 37.0 Å². The number of amides is 1. The Morgan fingerprint density at radius 2 is 1.97 bits per heavy atom. The molecule has 1 amide bonds. The fraction of sp³-hybridized carbons (Fsp3) is 0.214. The second kappa shape index (κ2) is 10.7. The van der Waals surface area contributed by atoms with Crippen LogP contribution in [0.5, 0.6) is 0 Å². The molecular formula is C28H27ClN6OS. The lowest BCUT2D eigenvalue weighted by atomic mass is 10.0. The molecule has 1 fully saturated rings. The number of halogens is 1. The number of nitrogens with zero attached hydrogens (tertiary/aromatic N) is 4. The van der Waals surface area contributed by atoms with Crippen molar-refractivity contribution in [3.8, 4) is 5.82 Å². The number of hydrogen-bond acceptors (Lipinski definition) is 4.